The van der Waals surface area contributed by atoms with E-state index in [0.717, 1.165) is 29.5 Å². The van der Waals surface area contributed by atoms with Gasteiger partial charge in [-0.15, -0.1) is 0 Å². The Balaban J connectivity index is 1.98. The van der Waals surface area contributed by atoms with Gasteiger partial charge in [-0.05, 0) is 29.7 Å². The summed E-state index contributed by atoms with van der Waals surface area (Å²) in [5, 5.41) is 9.30. The van der Waals surface area contributed by atoms with Gasteiger partial charge >= 0.3 is 0 Å². The van der Waals surface area contributed by atoms with Gasteiger partial charge in [0.2, 0.25) is 0 Å². The highest BCUT2D eigenvalue weighted by Gasteiger charge is 2.06. The fourth-order valence-corrected chi connectivity index (χ4v) is 2.36. The first-order chi connectivity index (χ1) is 10.2. The Morgan fingerprint density at radius 1 is 0.857 bits per heavy atom. The van der Waals surface area contributed by atoms with E-state index in [1.165, 1.54) is 12.8 Å². The summed E-state index contributed by atoms with van der Waals surface area (Å²) in [6, 6.07) is 14.8. The zero-order chi connectivity index (χ0) is 15.1. The highest BCUT2D eigenvalue weighted by atomic mass is 16.3. The molecule has 2 aromatic rings. The maximum absolute atomic E-state index is 12.1. The summed E-state index contributed by atoms with van der Waals surface area (Å²) >= 11 is 0. The van der Waals surface area contributed by atoms with Gasteiger partial charge in [0.25, 0.3) is 0 Å². The molecule has 110 valence electrons. The standard InChI is InChI=1S/C19H22O2/c1-2-3-4-5-6-19(21)17-9-7-15(8-10-17)16-11-13-18(20)14-12-16/h7-14,20H,2-6H2,1H3. The Morgan fingerprint density at radius 3 is 2.00 bits per heavy atom. The van der Waals surface area contributed by atoms with Crippen LogP contribution in [0.15, 0.2) is 48.5 Å². The molecule has 0 aromatic heterocycles. The molecule has 2 rings (SSSR count). The lowest BCUT2D eigenvalue weighted by Crippen LogP contribution is -1.98. The van der Waals surface area contributed by atoms with E-state index in [-0.39, 0.29) is 11.5 Å². The quantitative estimate of drug-likeness (QED) is 0.559. The van der Waals surface area contributed by atoms with Gasteiger partial charge in [0.05, 0.1) is 0 Å². The topological polar surface area (TPSA) is 37.3 Å². The summed E-state index contributed by atoms with van der Waals surface area (Å²) in [6.07, 6.45) is 5.14. The minimum Gasteiger partial charge on any atom is -0.508 e. The van der Waals surface area contributed by atoms with Crippen molar-refractivity contribution in [1.82, 2.24) is 0 Å². The van der Waals surface area contributed by atoms with E-state index in [1.54, 1.807) is 12.1 Å². The second-order valence-corrected chi connectivity index (χ2v) is 5.36. The van der Waals surface area contributed by atoms with E-state index >= 15 is 0 Å². The number of ketones is 1. The molecular formula is C19H22O2. The SMILES string of the molecule is CCCCCCC(=O)c1ccc(-c2ccc(O)cc2)cc1. The Kier molecular flexibility index (Phi) is 5.56. The molecule has 0 heterocycles. The first-order valence-corrected chi connectivity index (χ1v) is 7.63. The van der Waals surface area contributed by atoms with Crippen LogP contribution in [0.25, 0.3) is 11.1 Å². The Hall–Kier alpha value is -2.09. The van der Waals surface area contributed by atoms with Crippen LogP contribution in [-0.2, 0) is 0 Å². The number of aromatic hydroxyl groups is 1. The number of phenolic OH excluding ortho intramolecular Hbond substituents is 1. The molecule has 1 N–H and O–H groups in total. The van der Waals surface area contributed by atoms with Gasteiger partial charge in [-0.3, -0.25) is 4.79 Å². The largest absolute Gasteiger partial charge is 0.508 e. The van der Waals surface area contributed by atoms with Crippen LogP contribution in [0, 0.1) is 0 Å². The van der Waals surface area contributed by atoms with Crippen LogP contribution in [0.4, 0.5) is 0 Å². The number of benzene rings is 2. The fourth-order valence-electron chi connectivity index (χ4n) is 2.36. The zero-order valence-electron chi connectivity index (χ0n) is 12.5. The average Bonchev–Trinajstić information content (AvgIpc) is 2.52. The maximum atomic E-state index is 12.1. The lowest BCUT2D eigenvalue weighted by Gasteiger charge is -2.05. The summed E-state index contributed by atoms with van der Waals surface area (Å²) in [4.78, 5) is 12.1. The number of phenols is 1. The summed E-state index contributed by atoms with van der Waals surface area (Å²) in [7, 11) is 0. The smallest absolute Gasteiger partial charge is 0.162 e. The van der Waals surface area contributed by atoms with E-state index in [9.17, 15) is 9.90 Å². The van der Waals surface area contributed by atoms with Gasteiger partial charge < -0.3 is 5.11 Å². The van der Waals surface area contributed by atoms with Crippen LogP contribution in [0.3, 0.4) is 0 Å². The molecule has 0 spiro atoms. The molecule has 0 amide bonds. The van der Waals surface area contributed by atoms with Gasteiger partial charge in [-0.25, -0.2) is 0 Å². The Morgan fingerprint density at radius 2 is 1.43 bits per heavy atom. The van der Waals surface area contributed by atoms with Crippen LogP contribution < -0.4 is 0 Å². The van der Waals surface area contributed by atoms with Crippen molar-refractivity contribution >= 4 is 5.78 Å². The number of hydrogen-bond donors (Lipinski definition) is 1. The lowest BCUT2D eigenvalue weighted by molar-refractivity contribution is 0.0979. The van der Waals surface area contributed by atoms with Crippen molar-refractivity contribution in [3.05, 3.63) is 54.1 Å². The Labute approximate surface area is 126 Å². The molecule has 2 nitrogen and oxygen atoms in total. The predicted octanol–water partition coefficient (Wildman–Crippen LogP) is 5.21. The summed E-state index contributed by atoms with van der Waals surface area (Å²) in [6.45, 7) is 2.17. The van der Waals surface area contributed by atoms with Crippen molar-refractivity contribution in [3.63, 3.8) is 0 Å². The van der Waals surface area contributed by atoms with Crippen molar-refractivity contribution in [2.45, 2.75) is 39.0 Å². The molecule has 0 aliphatic carbocycles. The molecule has 2 aromatic carbocycles. The van der Waals surface area contributed by atoms with Crippen LogP contribution in [0.1, 0.15) is 49.4 Å². The first-order valence-electron chi connectivity index (χ1n) is 7.63. The number of unbranched alkanes of at least 4 members (excludes halogenated alkanes) is 3. The van der Waals surface area contributed by atoms with E-state index in [4.69, 9.17) is 0 Å². The molecule has 0 aliphatic rings. The van der Waals surface area contributed by atoms with Gasteiger partial charge in [0.15, 0.2) is 5.78 Å². The minimum absolute atomic E-state index is 0.225. The van der Waals surface area contributed by atoms with Crippen molar-refractivity contribution in [2.75, 3.05) is 0 Å². The predicted molar refractivity (Wildman–Crippen MR) is 86.6 cm³/mol. The van der Waals surface area contributed by atoms with E-state index in [0.29, 0.717) is 6.42 Å². The second kappa shape index (κ2) is 7.63. The second-order valence-electron chi connectivity index (χ2n) is 5.36. The molecule has 2 heteroatoms. The number of rotatable bonds is 7. The minimum atomic E-state index is 0.225. The molecule has 21 heavy (non-hydrogen) atoms. The fraction of sp³-hybridized carbons (Fsp3) is 0.316. The van der Waals surface area contributed by atoms with Crippen LogP contribution in [0.2, 0.25) is 0 Å². The summed E-state index contributed by atoms with van der Waals surface area (Å²) in [5.74, 6) is 0.487. The molecule has 0 saturated heterocycles. The molecule has 0 aliphatic heterocycles. The molecule has 0 radical (unpaired) electrons. The van der Waals surface area contributed by atoms with Crippen molar-refractivity contribution in [3.8, 4) is 16.9 Å². The number of hydrogen-bond acceptors (Lipinski definition) is 2. The molecule has 0 atom stereocenters. The molecule has 0 saturated carbocycles. The third-order valence-electron chi connectivity index (χ3n) is 3.66. The van der Waals surface area contributed by atoms with Crippen LogP contribution in [-0.4, -0.2) is 10.9 Å². The maximum Gasteiger partial charge on any atom is 0.162 e. The van der Waals surface area contributed by atoms with E-state index in [1.807, 2.05) is 36.4 Å². The van der Waals surface area contributed by atoms with E-state index in [2.05, 4.69) is 6.92 Å². The summed E-state index contributed by atoms with van der Waals surface area (Å²) in [5.41, 5.74) is 2.88. The molecule has 0 fully saturated rings. The normalized spacial score (nSPS) is 10.5. The first kappa shape index (κ1) is 15.3. The highest BCUT2D eigenvalue weighted by Crippen LogP contribution is 2.22. The summed E-state index contributed by atoms with van der Waals surface area (Å²) < 4.78 is 0. The number of Topliss-reactive ketones (excluding diaryl/α,β-unsaturated/α-hetero) is 1. The number of carbonyl (C=O) groups is 1. The van der Waals surface area contributed by atoms with Crippen molar-refractivity contribution in [1.29, 1.82) is 0 Å². The van der Waals surface area contributed by atoms with Crippen LogP contribution in [0.5, 0.6) is 5.75 Å². The van der Waals surface area contributed by atoms with Gasteiger partial charge in [0, 0.05) is 12.0 Å². The monoisotopic (exact) mass is 282 g/mol. The molecule has 0 bridgehead atoms. The lowest BCUT2D eigenvalue weighted by atomic mass is 10.00. The van der Waals surface area contributed by atoms with Crippen molar-refractivity contribution in [2.24, 2.45) is 0 Å². The van der Waals surface area contributed by atoms with Gasteiger partial charge in [0.1, 0.15) is 5.75 Å². The van der Waals surface area contributed by atoms with Gasteiger partial charge in [-0.2, -0.15) is 0 Å². The van der Waals surface area contributed by atoms with Crippen molar-refractivity contribution < 1.29 is 9.90 Å². The highest BCUT2D eigenvalue weighted by molar-refractivity contribution is 5.96. The van der Waals surface area contributed by atoms with Crippen LogP contribution >= 0.6 is 0 Å². The molecular weight excluding hydrogens is 260 g/mol. The van der Waals surface area contributed by atoms with E-state index < -0.39 is 0 Å². The zero-order valence-corrected chi connectivity index (χ0v) is 12.5. The van der Waals surface area contributed by atoms with Gasteiger partial charge in [-0.1, -0.05) is 62.6 Å². The number of carbonyl (C=O) groups excluding carboxylic acids is 1. The third-order valence-corrected chi connectivity index (χ3v) is 3.66. The average molecular weight is 282 g/mol. The third kappa shape index (κ3) is 4.45. The molecule has 0 unspecified atom stereocenters. The Bertz CT molecular complexity index is 568.